The fourth-order valence-corrected chi connectivity index (χ4v) is 2.71. The highest BCUT2D eigenvalue weighted by Gasteiger charge is 2.20. The predicted molar refractivity (Wildman–Crippen MR) is 82.0 cm³/mol. The molecule has 1 aromatic heterocycles. The Hall–Kier alpha value is -2.41. The number of aromatic nitrogens is 1. The number of aliphatic hydroxyl groups excluding tert-OH is 1. The number of benzene rings is 2. The number of hydrogen-bond donors (Lipinski definition) is 1. The van der Waals surface area contributed by atoms with Crippen LogP contribution in [0.2, 0.25) is 5.15 Å². The average Bonchev–Trinajstić information content (AvgIpc) is 2.53. The Bertz CT molecular complexity index is 850. The highest BCUT2D eigenvalue weighted by molar-refractivity contribution is 6.30. The molecule has 21 heavy (non-hydrogen) atoms. The predicted octanol–water partition coefficient (Wildman–Crippen LogP) is 3.84. The SMILES string of the molecule is N#Cc1ccnc(Cl)c1C(O)c1cccc2ccccc12. The molecule has 3 rings (SSSR count). The molecule has 0 aliphatic heterocycles. The molecular formula is C17H11ClN2O. The minimum Gasteiger partial charge on any atom is -0.383 e. The van der Waals surface area contributed by atoms with E-state index in [9.17, 15) is 10.4 Å². The van der Waals surface area contributed by atoms with Crippen molar-refractivity contribution in [2.75, 3.05) is 0 Å². The molecule has 4 heteroatoms. The Morgan fingerprint density at radius 3 is 2.67 bits per heavy atom. The Labute approximate surface area is 127 Å². The van der Waals surface area contributed by atoms with Crippen molar-refractivity contribution in [1.29, 1.82) is 5.26 Å². The van der Waals surface area contributed by atoms with Gasteiger partial charge in [0.2, 0.25) is 0 Å². The van der Waals surface area contributed by atoms with Crippen LogP contribution in [0.5, 0.6) is 0 Å². The minimum absolute atomic E-state index is 0.148. The van der Waals surface area contributed by atoms with Gasteiger partial charge in [0.25, 0.3) is 0 Å². The summed E-state index contributed by atoms with van der Waals surface area (Å²) in [6.07, 6.45) is 0.465. The van der Waals surface area contributed by atoms with Crippen LogP contribution < -0.4 is 0 Å². The molecule has 0 fully saturated rings. The summed E-state index contributed by atoms with van der Waals surface area (Å²) < 4.78 is 0. The van der Waals surface area contributed by atoms with Gasteiger partial charge in [-0.15, -0.1) is 0 Å². The van der Waals surface area contributed by atoms with Crippen LogP contribution in [0.1, 0.15) is 22.8 Å². The van der Waals surface area contributed by atoms with E-state index in [1.165, 1.54) is 6.20 Å². The maximum atomic E-state index is 10.7. The second kappa shape index (κ2) is 5.53. The summed E-state index contributed by atoms with van der Waals surface area (Å²) in [5.41, 5.74) is 1.38. The lowest BCUT2D eigenvalue weighted by molar-refractivity contribution is 0.221. The van der Waals surface area contributed by atoms with E-state index in [1.54, 1.807) is 6.07 Å². The maximum Gasteiger partial charge on any atom is 0.136 e. The van der Waals surface area contributed by atoms with Crippen LogP contribution >= 0.6 is 11.6 Å². The lowest BCUT2D eigenvalue weighted by Crippen LogP contribution is -2.05. The molecule has 2 aromatic carbocycles. The number of nitrogens with zero attached hydrogens (tertiary/aromatic N) is 2. The summed E-state index contributed by atoms with van der Waals surface area (Å²) >= 11 is 6.08. The van der Waals surface area contributed by atoms with E-state index in [1.807, 2.05) is 42.5 Å². The van der Waals surface area contributed by atoms with Crippen molar-refractivity contribution in [1.82, 2.24) is 4.98 Å². The van der Waals surface area contributed by atoms with Crippen LogP contribution in [-0.4, -0.2) is 10.1 Å². The lowest BCUT2D eigenvalue weighted by atomic mass is 9.94. The van der Waals surface area contributed by atoms with Crippen LogP contribution in [0.25, 0.3) is 10.8 Å². The van der Waals surface area contributed by atoms with Crippen molar-refractivity contribution in [3.63, 3.8) is 0 Å². The Balaban J connectivity index is 2.23. The third-order valence-electron chi connectivity index (χ3n) is 3.45. The van der Waals surface area contributed by atoms with Gasteiger partial charge in [-0.3, -0.25) is 0 Å². The molecule has 0 bridgehead atoms. The van der Waals surface area contributed by atoms with Gasteiger partial charge in [-0.05, 0) is 22.4 Å². The van der Waals surface area contributed by atoms with Crippen molar-refractivity contribution in [3.8, 4) is 6.07 Å². The zero-order valence-corrected chi connectivity index (χ0v) is 11.7. The molecule has 3 aromatic rings. The minimum atomic E-state index is -0.994. The molecule has 3 nitrogen and oxygen atoms in total. The normalized spacial score (nSPS) is 12.0. The number of halogens is 1. The van der Waals surface area contributed by atoms with Gasteiger partial charge in [0.05, 0.1) is 11.6 Å². The molecule has 0 radical (unpaired) electrons. The first kappa shape index (κ1) is 13.6. The quantitative estimate of drug-likeness (QED) is 0.731. The molecule has 0 spiro atoms. The Morgan fingerprint density at radius 2 is 1.86 bits per heavy atom. The van der Waals surface area contributed by atoms with Gasteiger partial charge in [0, 0.05) is 11.8 Å². The van der Waals surface area contributed by atoms with Crippen LogP contribution in [0.4, 0.5) is 0 Å². The summed E-state index contributed by atoms with van der Waals surface area (Å²) in [7, 11) is 0. The number of aliphatic hydroxyl groups is 1. The second-order valence-corrected chi connectivity index (χ2v) is 5.00. The number of nitriles is 1. The van der Waals surface area contributed by atoms with E-state index in [2.05, 4.69) is 11.1 Å². The third-order valence-corrected chi connectivity index (χ3v) is 3.75. The zero-order chi connectivity index (χ0) is 14.8. The van der Waals surface area contributed by atoms with E-state index in [4.69, 9.17) is 11.6 Å². The van der Waals surface area contributed by atoms with E-state index >= 15 is 0 Å². The molecule has 0 amide bonds. The monoisotopic (exact) mass is 294 g/mol. The van der Waals surface area contributed by atoms with Crippen LogP contribution in [0, 0.1) is 11.3 Å². The Kier molecular flexibility index (Phi) is 3.57. The zero-order valence-electron chi connectivity index (χ0n) is 11.0. The van der Waals surface area contributed by atoms with Gasteiger partial charge in [0.15, 0.2) is 0 Å². The van der Waals surface area contributed by atoms with Crippen molar-refractivity contribution in [2.24, 2.45) is 0 Å². The van der Waals surface area contributed by atoms with Gasteiger partial charge < -0.3 is 5.11 Å². The number of fused-ring (bicyclic) bond motifs is 1. The molecule has 0 aliphatic carbocycles. The summed E-state index contributed by atoms with van der Waals surface area (Å²) in [5.74, 6) is 0. The molecule has 102 valence electrons. The van der Waals surface area contributed by atoms with Crippen molar-refractivity contribution in [2.45, 2.75) is 6.10 Å². The molecule has 0 aliphatic rings. The first-order valence-corrected chi connectivity index (χ1v) is 6.80. The van der Waals surface area contributed by atoms with Gasteiger partial charge >= 0.3 is 0 Å². The van der Waals surface area contributed by atoms with Crippen LogP contribution in [0.3, 0.4) is 0 Å². The van der Waals surface area contributed by atoms with E-state index < -0.39 is 6.10 Å². The summed E-state index contributed by atoms with van der Waals surface area (Å²) in [6.45, 7) is 0. The van der Waals surface area contributed by atoms with Crippen molar-refractivity contribution in [3.05, 3.63) is 76.6 Å². The number of rotatable bonds is 2. The standard InChI is InChI=1S/C17H11ClN2O/c18-17-15(12(10-19)8-9-20-17)16(21)14-7-3-5-11-4-1-2-6-13(11)14/h1-9,16,21H. The van der Waals surface area contributed by atoms with E-state index in [-0.39, 0.29) is 5.15 Å². The molecular weight excluding hydrogens is 284 g/mol. The summed E-state index contributed by atoms with van der Waals surface area (Å²) in [5, 5.41) is 22.0. The summed E-state index contributed by atoms with van der Waals surface area (Å²) in [6, 6.07) is 17.0. The summed E-state index contributed by atoms with van der Waals surface area (Å²) in [4.78, 5) is 3.97. The molecule has 1 unspecified atom stereocenters. The van der Waals surface area contributed by atoms with Gasteiger partial charge in [-0.25, -0.2) is 4.98 Å². The van der Waals surface area contributed by atoms with Crippen LogP contribution in [0.15, 0.2) is 54.7 Å². The lowest BCUT2D eigenvalue weighted by Gasteiger charge is -2.16. The van der Waals surface area contributed by atoms with Gasteiger partial charge in [-0.1, -0.05) is 54.1 Å². The van der Waals surface area contributed by atoms with Crippen LogP contribution in [-0.2, 0) is 0 Å². The number of hydrogen-bond acceptors (Lipinski definition) is 3. The molecule has 1 atom stereocenters. The smallest absolute Gasteiger partial charge is 0.136 e. The first-order chi connectivity index (χ1) is 10.2. The molecule has 1 N–H and O–H groups in total. The number of pyridine rings is 1. The van der Waals surface area contributed by atoms with Gasteiger partial charge in [-0.2, -0.15) is 5.26 Å². The molecule has 0 saturated heterocycles. The fourth-order valence-electron chi connectivity index (χ4n) is 2.45. The molecule has 0 saturated carbocycles. The highest BCUT2D eigenvalue weighted by atomic mass is 35.5. The average molecular weight is 295 g/mol. The van der Waals surface area contributed by atoms with Crippen molar-refractivity contribution >= 4 is 22.4 Å². The van der Waals surface area contributed by atoms with E-state index in [0.717, 1.165) is 10.8 Å². The van der Waals surface area contributed by atoms with Crippen molar-refractivity contribution < 1.29 is 5.11 Å². The second-order valence-electron chi connectivity index (χ2n) is 4.65. The third kappa shape index (κ3) is 2.36. The topological polar surface area (TPSA) is 56.9 Å². The molecule has 1 heterocycles. The highest BCUT2D eigenvalue weighted by Crippen LogP contribution is 2.33. The fraction of sp³-hybridized carbons (Fsp3) is 0.0588. The Morgan fingerprint density at radius 1 is 1.10 bits per heavy atom. The maximum absolute atomic E-state index is 10.7. The van der Waals surface area contributed by atoms with E-state index in [0.29, 0.717) is 16.7 Å². The first-order valence-electron chi connectivity index (χ1n) is 6.42. The van der Waals surface area contributed by atoms with Gasteiger partial charge in [0.1, 0.15) is 11.3 Å². The largest absolute Gasteiger partial charge is 0.383 e.